The van der Waals surface area contributed by atoms with Gasteiger partial charge in [0.15, 0.2) is 4.96 Å². The van der Waals surface area contributed by atoms with Crippen LogP contribution >= 0.6 is 11.3 Å². The summed E-state index contributed by atoms with van der Waals surface area (Å²) >= 11 is 1.78. The number of nitrogens with zero attached hydrogens (tertiary/aromatic N) is 2. The number of fused-ring (bicyclic) bond motifs is 4. The molecule has 0 saturated heterocycles. The Labute approximate surface area is 162 Å². The van der Waals surface area contributed by atoms with Crippen molar-refractivity contribution < 1.29 is 5.11 Å². The lowest BCUT2D eigenvalue weighted by molar-refractivity contribution is 0.223. The monoisotopic (exact) mass is 374 g/mol. The van der Waals surface area contributed by atoms with Gasteiger partial charge in [-0.25, -0.2) is 4.98 Å². The molecule has 1 aliphatic carbocycles. The molecule has 3 nitrogen and oxygen atoms in total. The molecule has 1 aliphatic rings. The highest BCUT2D eigenvalue weighted by atomic mass is 32.1. The molecule has 136 valence electrons. The van der Waals surface area contributed by atoms with Crippen molar-refractivity contribution >= 4 is 33.1 Å². The molecule has 5 rings (SSSR count). The molecule has 2 heterocycles. The normalized spacial score (nSPS) is 16.0. The minimum atomic E-state index is -0.659. The van der Waals surface area contributed by atoms with Gasteiger partial charge in [-0.05, 0) is 54.2 Å². The van der Waals surface area contributed by atoms with Crippen LogP contribution in [0.2, 0.25) is 0 Å². The highest BCUT2D eigenvalue weighted by Gasteiger charge is 2.20. The Kier molecular flexibility index (Phi) is 4.30. The van der Waals surface area contributed by atoms with E-state index in [2.05, 4.69) is 51.8 Å². The molecule has 0 bridgehead atoms. The van der Waals surface area contributed by atoms with Crippen molar-refractivity contribution in [3.05, 3.63) is 76.6 Å². The molecule has 0 saturated carbocycles. The molecule has 4 aromatic rings. The minimum absolute atomic E-state index is 0.659. The van der Waals surface area contributed by atoms with E-state index in [0.29, 0.717) is 0 Å². The van der Waals surface area contributed by atoms with E-state index in [4.69, 9.17) is 0 Å². The average Bonchev–Trinajstić information content (AvgIpc) is 3.17. The quantitative estimate of drug-likeness (QED) is 0.476. The number of hydrogen-bond donors (Lipinski definition) is 1. The third-order valence-electron chi connectivity index (χ3n) is 5.43. The molecule has 0 fully saturated rings. The molecule has 1 N–H and O–H groups in total. The fourth-order valence-corrected chi connectivity index (χ4v) is 5.20. The standard InChI is InChI=1S/C23H22N2OS/c26-21(13-11-16-10-12-17-6-4-5-7-18(17)14-16)20-15-24-23-25(20)19-8-2-1-3-9-22(19)27-23/h4-7,10-15,21,26H,1-3,8-9H2. The van der Waals surface area contributed by atoms with Gasteiger partial charge in [-0.1, -0.05) is 48.9 Å². The number of thiazole rings is 1. The predicted octanol–water partition coefficient (Wildman–Crippen LogP) is 5.56. The number of imidazole rings is 1. The molecule has 4 heteroatoms. The summed E-state index contributed by atoms with van der Waals surface area (Å²) in [4.78, 5) is 7.01. The van der Waals surface area contributed by atoms with Crippen LogP contribution in [0.4, 0.5) is 0 Å². The summed E-state index contributed by atoms with van der Waals surface area (Å²) in [6.07, 6.45) is 11.0. The maximum Gasteiger partial charge on any atom is 0.194 e. The van der Waals surface area contributed by atoms with E-state index in [1.807, 2.05) is 18.3 Å². The van der Waals surface area contributed by atoms with E-state index in [1.54, 1.807) is 11.3 Å². The number of benzene rings is 2. The van der Waals surface area contributed by atoms with Crippen molar-refractivity contribution in [3.8, 4) is 0 Å². The maximum absolute atomic E-state index is 10.8. The van der Waals surface area contributed by atoms with Crippen LogP contribution in [0.1, 0.15) is 47.2 Å². The van der Waals surface area contributed by atoms with Gasteiger partial charge in [-0.3, -0.25) is 4.40 Å². The van der Waals surface area contributed by atoms with Crippen LogP contribution in [0.3, 0.4) is 0 Å². The fraction of sp³-hybridized carbons (Fsp3) is 0.261. The lowest BCUT2D eigenvalue weighted by atomic mass is 10.1. The Bertz CT molecular complexity index is 1140. The van der Waals surface area contributed by atoms with Crippen LogP contribution in [0.25, 0.3) is 21.8 Å². The predicted molar refractivity (Wildman–Crippen MR) is 112 cm³/mol. The Morgan fingerprint density at radius 1 is 1.04 bits per heavy atom. The van der Waals surface area contributed by atoms with Crippen molar-refractivity contribution in [3.63, 3.8) is 0 Å². The molecule has 0 spiro atoms. The van der Waals surface area contributed by atoms with E-state index in [1.165, 1.54) is 40.6 Å². The second kappa shape index (κ2) is 6.95. The van der Waals surface area contributed by atoms with Crippen molar-refractivity contribution in [1.82, 2.24) is 9.38 Å². The van der Waals surface area contributed by atoms with Gasteiger partial charge >= 0.3 is 0 Å². The van der Waals surface area contributed by atoms with Crippen LogP contribution in [0, 0.1) is 0 Å². The van der Waals surface area contributed by atoms with E-state index in [0.717, 1.165) is 29.1 Å². The van der Waals surface area contributed by atoms with Crippen molar-refractivity contribution in [2.75, 3.05) is 0 Å². The number of hydrogen-bond acceptors (Lipinski definition) is 3. The van der Waals surface area contributed by atoms with Crippen molar-refractivity contribution in [2.45, 2.75) is 38.2 Å². The Morgan fingerprint density at radius 2 is 1.89 bits per heavy atom. The summed E-state index contributed by atoms with van der Waals surface area (Å²) in [7, 11) is 0. The van der Waals surface area contributed by atoms with Crippen molar-refractivity contribution in [2.24, 2.45) is 0 Å². The first-order valence-electron chi connectivity index (χ1n) is 9.62. The van der Waals surface area contributed by atoms with Crippen LogP contribution in [-0.4, -0.2) is 14.5 Å². The zero-order chi connectivity index (χ0) is 18.2. The van der Waals surface area contributed by atoms with Gasteiger partial charge in [0.1, 0.15) is 6.10 Å². The van der Waals surface area contributed by atoms with Gasteiger partial charge in [0, 0.05) is 10.6 Å². The van der Waals surface area contributed by atoms with E-state index in [9.17, 15) is 5.11 Å². The average molecular weight is 375 g/mol. The number of aromatic nitrogens is 2. The zero-order valence-electron chi connectivity index (χ0n) is 15.1. The largest absolute Gasteiger partial charge is 0.383 e. The first-order chi connectivity index (χ1) is 13.3. The van der Waals surface area contributed by atoms with Gasteiger partial charge in [0.05, 0.1) is 11.9 Å². The SMILES string of the molecule is OC(C=Cc1ccc2ccccc2c1)c1cnc2sc3c(n12)CCCCC3. The van der Waals surface area contributed by atoms with E-state index in [-0.39, 0.29) is 0 Å². The molecular formula is C23H22N2OS. The summed E-state index contributed by atoms with van der Waals surface area (Å²) < 4.78 is 2.20. The van der Waals surface area contributed by atoms with Gasteiger partial charge < -0.3 is 5.11 Å². The molecule has 0 radical (unpaired) electrons. The highest BCUT2D eigenvalue weighted by molar-refractivity contribution is 7.17. The number of rotatable bonds is 3. The lowest BCUT2D eigenvalue weighted by Crippen LogP contribution is -2.02. The van der Waals surface area contributed by atoms with Gasteiger partial charge in [0.25, 0.3) is 0 Å². The number of aliphatic hydroxyl groups is 1. The summed E-state index contributed by atoms with van der Waals surface area (Å²) in [6.45, 7) is 0. The molecule has 2 aromatic carbocycles. The molecular weight excluding hydrogens is 352 g/mol. The molecule has 1 unspecified atom stereocenters. The molecule has 0 amide bonds. The second-order valence-corrected chi connectivity index (χ2v) is 8.31. The number of aryl methyl sites for hydroxylation is 2. The zero-order valence-corrected chi connectivity index (χ0v) is 16.0. The van der Waals surface area contributed by atoms with Crippen LogP contribution < -0.4 is 0 Å². The van der Waals surface area contributed by atoms with Gasteiger partial charge in [-0.15, -0.1) is 11.3 Å². The van der Waals surface area contributed by atoms with Crippen molar-refractivity contribution in [1.29, 1.82) is 0 Å². The van der Waals surface area contributed by atoms with Gasteiger partial charge in [0.2, 0.25) is 0 Å². The second-order valence-electron chi connectivity index (χ2n) is 7.24. The summed E-state index contributed by atoms with van der Waals surface area (Å²) in [5, 5.41) is 13.3. The summed E-state index contributed by atoms with van der Waals surface area (Å²) in [5.41, 5.74) is 3.33. The van der Waals surface area contributed by atoms with E-state index < -0.39 is 6.10 Å². The minimum Gasteiger partial charge on any atom is -0.383 e. The topological polar surface area (TPSA) is 37.5 Å². The molecule has 27 heavy (non-hydrogen) atoms. The van der Waals surface area contributed by atoms with E-state index >= 15 is 0 Å². The Hall–Kier alpha value is -2.43. The Balaban J connectivity index is 1.47. The first kappa shape index (κ1) is 16.7. The first-order valence-corrected chi connectivity index (χ1v) is 10.4. The van der Waals surface area contributed by atoms with Gasteiger partial charge in [-0.2, -0.15) is 0 Å². The number of aliphatic hydroxyl groups excluding tert-OH is 1. The maximum atomic E-state index is 10.8. The third-order valence-corrected chi connectivity index (χ3v) is 6.58. The Morgan fingerprint density at radius 3 is 2.81 bits per heavy atom. The molecule has 1 atom stereocenters. The fourth-order valence-electron chi connectivity index (χ4n) is 4.01. The molecule has 2 aromatic heterocycles. The summed E-state index contributed by atoms with van der Waals surface area (Å²) in [5.74, 6) is 0. The van der Waals surface area contributed by atoms with Crippen LogP contribution in [0.5, 0.6) is 0 Å². The lowest BCUT2D eigenvalue weighted by Gasteiger charge is -2.08. The summed E-state index contributed by atoms with van der Waals surface area (Å²) in [6, 6.07) is 14.7. The van der Waals surface area contributed by atoms with Crippen LogP contribution in [-0.2, 0) is 12.8 Å². The third kappa shape index (κ3) is 3.09. The smallest absolute Gasteiger partial charge is 0.194 e. The molecule has 0 aliphatic heterocycles. The highest BCUT2D eigenvalue weighted by Crippen LogP contribution is 2.32. The van der Waals surface area contributed by atoms with Crippen LogP contribution in [0.15, 0.2) is 54.7 Å².